The number of nitrogens with two attached hydrogens (primary N) is 1. The second kappa shape index (κ2) is 7.37. The first-order valence-electron chi connectivity index (χ1n) is 6.84. The lowest BCUT2D eigenvalue weighted by Gasteiger charge is -2.14. The summed E-state index contributed by atoms with van der Waals surface area (Å²) in [5, 5.41) is 10.9. The van der Waals surface area contributed by atoms with E-state index < -0.39 is 25.5 Å². The highest BCUT2D eigenvalue weighted by atomic mass is 32.2. The van der Waals surface area contributed by atoms with Crippen LogP contribution in [0.3, 0.4) is 0 Å². The Morgan fingerprint density at radius 2 is 2.05 bits per heavy atom. The standard InChI is InChI=1S/C13H21N3O4S/c1-3-4-5-6-10(2)15-21(19,20)13-9-11(14)7-8-12(13)16(17)18/h7-10,15H,3-6,14H2,1-2H3. The predicted octanol–water partition coefficient (Wildman–Crippen LogP) is 2.42. The lowest BCUT2D eigenvalue weighted by Crippen LogP contribution is -2.33. The van der Waals surface area contributed by atoms with Gasteiger partial charge >= 0.3 is 0 Å². The van der Waals surface area contributed by atoms with Crippen molar-refractivity contribution < 1.29 is 13.3 Å². The number of sulfonamides is 1. The van der Waals surface area contributed by atoms with Crippen molar-refractivity contribution in [3.8, 4) is 0 Å². The summed E-state index contributed by atoms with van der Waals surface area (Å²) in [5.74, 6) is 0. The molecular weight excluding hydrogens is 294 g/mol. The number of benzene rings is 1. The van der Waals surface area contributed by atoms with Crippen LogP contribution in [0.1, 0.15) is 39.5 Å². The highest BCUT2D eigenvalue weighted by Gasteiger charge is 2.27. The molecule has 0 aliphatic rings. The van der Waals surface area contributed by atoms with E-state index >= 15 is 0 Å². The van der Waals surface area contributed by atoms with E-state index in [4.69, 9.17) is 5.73 Å². The van der Waals surface area contributed by atoms with E-state index in [1.807, 2.05) is 0 Å². The molecule has 0 radical (unpaired) electrons. The van der Waals surface area contributed by atoms with Gasteiger partial charge in [-0.15, -0.1) is 0 Å². The highest BCUT2D eigenvalue weighted by Crippen LogP contribution is 2.26. The van der Waals surface area contributed by atoms with Gasteiger partial charge in [0.25, 0.3) is 5.69 Å². The molecule has 21 heavy (non-hydrogen) atoms. The molecule has 0 amide bonds. The Morgan fingerprint density at radius 3 is 2.62 bits per heavy atom. The van der Waals surface area contributed by atoms with Gasteiger partial charge < -0.3 is 5.73 Å². The molecule has 8 heteroatoms. The minimum absolute atomic E-state index is 0.166. The molecule has 0 fully saturated rings. The molecule has 0 bridgehead atoms. The molecule has 1 unspecified atom stereocenters. The second-order valence-corrected chi connectivity index (χ2v) is 6.68. The smallest absolute Gasteiger partial charge is 0.289 e. The van der Waals surface area contributed by atoms with Crippen LogP contribution in [0.25, 0.3) is 0 Å². The normalized spacial score (nSPS) is 13.0. The van der Waals surface area contributed by atoms with Crippen molar-refractivity contribution in [3.05, 3.63) is 28.3 Å². The van der Waals surface area contributed by atoms with Gasteiger partial charge in [-0.1, -0.05) is 26.2 Å². The Balaban J connectivity index is 2.97. The third-order valence-corrected chi connectivity index (χ3v) is 4.69. The van der Waals surface area contributed by atoms with Crippen molar-refractivity contribution in [1.82, 2.24) is 4.72 Å². The van der Waals surface area contributed by atoms with E-state index in [0.717, 1.165) is 31.4 Å². The van der Waals surface area contributed by atoms with Crippen molar-refractivity contribution in [2.75, 3.05) is 5.73 Å². The molecule has 7 nitrogen and oxygen atoms in total. The second-order valence-electron chi connectivity index (χ2n) is 5.00. The molecular formula is C13H21N3O4S. The van der Waals surface area contributed by atoms with Crippen LogP contribution in [0.15, 0.2) is 23.1 Å². The summed E-state index contributed by atoms with van der Waals surface area (Å²) in [5.41, 5.74) is 5.23. The first-order chi connectivity index (χ1) is 9.77. The van der Waals surface area contributed by atoms with Gasteiger partial charge in [-0.05, 0) is 25.5 Å². The number of hydrogen-bond acceptors (Lipinski definition) is 5. The van der Waals surface area contributed by atoms with E-state index in [9.17, 15) is 18.5 Å². The maximum absolute atomic E-state index is 12.3. The number of unbranched alkanes of at least 4 members (excludes halogenated alkanes) is 2. The largest absolute Gasteiger partial charge is 0.399 e. The Labute approximate surface area is 124 Å². The zero-order valence-electron chi connectivity index (χ0n) is 12.2. The number of nitrogens with zero attached hydrogens (tertiary/aromatic N) is 1. The fraction of sp³-hybridized carbons (Fsp3) is 0.538. The quantitative estimate of drug-likeness (QED) is 0.331. The van der Waals surface area contributed by atoms with E-state index in [-0.39, 0.29) is 11.7 Å². The molecule has 0 aromatic heterocycles. The summed E-state index contributed by atoms with van der Waals surface area (Å²) >= 11 is 0. The molecule has 0 heterocycles. The van der Waals surface area contributed by atoms with Crippen LogP contribution >= 0.6 is 0 Å². The zero-order valence-corrected chi connectivity index (χ0v) is 13.0. The third-order valence-electron chi connectivity index (χ3n) is 3.07. The van der Waals surface area contributed by atoms with E-state index in [0.29, 0.717) is 6.42 Å². The van der Waals surface area contributed by atoms with E-state index in [1.165, 1.54) is 6.07 Å². The molecule has 0 aliphatic heterocycles. The third kappa shape index (κ3) is 4.98. The molecule has 0 saturated carbocycles. The Kier molecular flexibility index (Phi) is 6.10. The van der Waals surface area contributed by atoms with Crippen LogP contribution in [0.4, 0.5) is 11.4 Å². The average molecular weight is 315 g/mol. The minimum atomic E-state index is -3.97. The van der Waals surface area contributed by atoms with Gasteiger partial charge in [-0.2, -0.15) is 0 Å². The molecule has 0 spiro atoms. The number of nitrogens with one attached hydrogen (secondary N) is 1. The number of hydrogen-bond donors (Lipinski definition) is 2. The van der Waals surface area contributed by atoms with Crippen LogP contribution in [-0.4, -0.2) is 19.4 Å². The summed E-state index contributed by atoms with van der Waals surface area (Å²) in [6, 6.07) is 3.23. The summed E-state index contributed by atoms with van der Waals surface area (Å²) < 4.78 is 27.0. The molecule has 1 aromatic rings. The zero-order chi connectivity index (χ0) is 16.0. The Morgan fingerprint density at radius 1 is 1.38 bits per heavy atom. The predicted molar refractivity (Wildman–Crippen MR) is 81.4 cm³/mol. The highest BCUT2D eigenvalue weighted by molar-refractivity contribution is 7.89. The molecule has 0 saturated heterocycles. The summed E-state index contributed by atoms with van der Waals surface area (Å²) in [4.78, 5) is 9.83. The number of nitro benzene ring substituents is 1. The fourth-order valence-corrected chi connectivity index (χ4v) is 3.47. The van der Waals surface area contributed by atoms with Gasteiger partial charge in [0, 0.05) is 17.8 Å². The number of nitro groups is 1. The van der Waals surface area contributed by atoms with Crippen molar-refractivity contribution >= 4 is 21.4 Å². The van der Waals surface area contributed by atoms with Gasteiger partial charge in [-0.25, -0.2) is 13.1 Å². The number of rotatable bonds is 8. The van der Waals surface area contributed by atoms with Crippen molar-refractivity contribution in [3.63, 3.8) is 0 Å². The summed E-state index contributed by atoms with van der Waals surface area (Å²) in [6.45, 7) is 3.80. The molecule has 1 aromatic carbocycles. The average Bonchev–Trinajstić information content (AvgIpc) is 2.38. The van der Waals surface area contributed by atoms with Gasteiger partial charge in [0.05, 0.1) is 4.92 Å². The molecule has 3 N–H and O–H groups in total. The van der Waals surface area contributed by atoms with Gasteiger partial charge in [-0.3, -0.25) is 10.1 Å². The maximum Gasteiger partial charge on any atom is 0.289 e. The van der Waals surface area contributed by atoms with Crippen LogP contribution in [0.2, 0.25) is 0 Å². The van der Waals surface area contributed by atoms with Crippen LogP contribution in [0.5, 0.6) is 0 Å². The lowest BCUT2D eigenvalue weighted by atomic mass is 10.1. The van der Waals surface area contributed by atoms with Gasteiger partial charge in [0.2, 0.25) is 10.0 Å². The van der Waals surface area contributed by atoms with Gasteiger partial charge in [0.15, 0.2) is 4.90 Å². The van der Waals surface area contributed by atoms with Crippen molar-refractivity contribution in [1.29, 1.82) is 0 Å². The van der Waals surface area contributed by atoms with Crippen LogP contribution < -0.4 is 10.5 Å². The lowest BCUT2D eigenvalue weighted by molar-refractivity contribution is -0.387. The van der Waals surface area contributed by atoms with Gasteiger partial charge in [0.1, 0.15) is 0 Å². The van der Waals surface area contributed by atoms with E-state index in [2.05, 4.69) is 11.6 Å². The molecule has 118 valence electrons. The molecule has 1 atom stereocenters. The summed E-state index contributed by atoms with van der Waals surface area (Å²) in [6.07, 6.45) is 3.65. The molecule has 1 rings (SSSR count). The fourth-order valence-electron chi connectivity index (χ4n) is 1.98. The monoisotopic (exact) mass is 315 g/mol. The SMILES string of the molecule is CCCCCC(C)NS(=O)(=O)c1cc(N)ccc1[N+](=O)[O-]. The van der Waals surface area contributed by atoms with E-state index in [1.54, 1.807) is 6.92 Å². The summed E-state index contributed by atoms with van der Waals surface area (Å²) in [7, 11) is -3.97. The number of anilines is 1. The maximum atomic E-state index is 12.3. The Bertz CT molecular complexity index is 601. The van der Waals surface area contributed by atoms with Crippen LogP contribution in [0, 0.1) is 10.1 Å². The minimum Gasteiger partial charge on any atom is -0.399 e. The number of nitrogen functional groups attached to an aromatic ring is 1. The Hall–Kier alpha value is -1.67. The van der Waals surface area contributed by atoms with Crippen molar-refractivity contribution in [2.24, 2.45) is 0 Å². The van der Waals surface area contributed by atoms with Crippen LogP contribution in [-0.2, 0) is 10.0 Å². The first-order valence-corrected chi connectivity index (χ1v) is 8.32. The van der Waals surface area contributed by atoms with Crippen molar-refractivity contribution in [2.45, 2.75) is 50.5 Å². The first kappa shape index (κ1) is 17.4. The molecule has 0 aliphatic carbocycles. The topological polar surface area (TPSA) is 115 Å².